The van der Waals surface area contributed by atoms with Gasteiger partial charge in [-0.1, -0.05) is 30.3 Å². The van der Waals surface area contributed by atoms with Gasteiger partial charge in [-0.3, -0.25) is 4.98 Å². The molecule has 0 fully saturated rings. The van der Waals surface area contributed by atoms with E-state index in [1.807, 2.05) is 66.7 Å². The molecule has 1 heterocycles. The zero-order chi connectivity index (χ0) is 14.3. The van der Waals surface area contributed by atoms with Crippen molar-refractivity contribution in [2.75, 3.05) is 0 Å². The van der Waals surface area contributed by atoms with Crippen molar-refractivity contribution in [3.05, 3.63) is 84.7 Å². The molecule has 0 amide bonds. The molecule has 0 radical (unpaired) electrons. The predicted molar refractivity (Wildman–Crippen MR) is 81.5 cm³/mol. The smallest absolute Gasteiger partial charge is 0.138 e. The van der Waals surface area contributed by atoms with Crippen LogP contribution in [0.1, 0.15) is 5.56 Å². The third kappa shape index (κ3) is 3.83. The normalized spacial score (nSPS) is 10.1. The molecule has 0 saturated heterocycles. The first kappa shape index (κ1) is 13.2. The van der Waals surface area contributed by atoms with E-state index in [-0.39, 0.29) is 0 Å². The molecule has 3 heteroatoms. The second kappa shape index (κ2) is 6.57. The Balaban J connectivity index is 1.59. The molecule has 0 aliphatic rings. The highest BCUT2D eigenvalue weighted by molar-refractivity contribution is 5.33. The van der Waals surface area contributed by atoms with Crippen LogP contribution in [0.15, 0.2) is 79.1 Å². The van der Waals surface area contributed by atoms with Gasteiger partial charge in [-0.15, -0.1) is 0 Å². The van der Waals surface area contributed by atoms with Crippen molar-refractivity contribution in [1.82, 2.24) is 4.98 Å². The summed E-state index contributed by atoms with van der Waals surface area (Å²) in [5.41, 5.74) is 1.08. The summed E-state index contributed by atoms with van der Waals surface area (Å²) >= 11 is 0. The predicted octanol–water partition coefficient (Wildman–Crippen LogP) is 4.45. The minimum Gasteiger partial charge on any atom is -0.487 e. The summed E-state index contributed by atoms with van der Waals surface area (Å²) in [6, 6.07) is 21.3. The molecule has 21 heavy (non-hydrogen) atoms. The lowest BCUT2D eigenvalue weighted by Crippen LogP contribution is -1.95. The third-order valence-electron chi connectivity index (χ3n) is 2.94. The fraction of sp³-hybridized carbons (Fsp3) is 0.0556. The Kier molecular flexibility index (Phi) is 4.12. The number of pyridine rings is 1. The van der Waals surface area contributed by atoms with Crippen molar-refractivity contribution >= 4 is 0 Å². The number of para-hydroxylation sites is 1. The van der Waals surface area contributed by atoms with Crippen LogP contribution in [0.5, 0.6) is 17.2 Å². The van der Waals surface area contributed by atoms with Crippen LogP contribution in [-0.4, -0.2) is 4.98 Å². The van der Waals surface area contributed by atoms with Gasteiger partial charge in [-0.25, -0.2) is 0 Å². The molecule has 3 nitrogen and oxygen atoms in total. The van der Waals surface area contributed by atoms with Crippen LogP contribution >= 0.6 is 0 Å². The van der Waals surface area contributed by atoms with Crippen LogP contribution in [-0.2, 0) is 6.61 Å². The summed E-state index contributed by atoms with van der Waals surface area (Å²) < 4.78 is 11.4. The van der Waals surface area contributed by atoms with E-state index in [1.165, 1.54) is 0 Å². The molecule has 0 bridgehead atoms. The molecule has 0 N–H and O–H groups in total. The lowest BCUT2D eigenvalue weighted by Gasteiger charge is -2.08. The van der Waals surface area contributed by atoms with Gasteiger partial charge in [0.15, 0.2) is 0 Å². The van der Waals surface area contributed by atoms with Crippen molar-refractivity contribution in [3.8, 4) is 17.2 Å². The van der Waals surface area contributed by atoms with E-state index in [1.54, 1.807) is 12.4 Å². The molecule has 0 aliphatic heterocycles. The Labute approximate surface area is 123 Å². The van der Waals surface area contributed by atoms with Crippen LogP contribution in [0.3, 0.4) is 0 Å². The van der Waals surface area contributed by atoms with E-state index in [0.717, 1.165) is 22.8 Å². The number of rotatable bonds is 5. The molecule has 2 aromatic carbocycles. The number of hydrogen-bond donors (Lipinski definition) is 0. The Morgan fingerprint density at radius 3 is 2.14 bits per heavy atom. The van der Waals surface area contributed by atoms with Crippen LogP contribution < -0.4 is 9.47 Å². The number of aromatic nitrogens is 1. The molecular weight excluding hydrogens is 262 g/mol. The monoisotopic (exact) mass is 277 g/mol. The molecule has 0 unspecified atom stereocenters. The molecular formula is C18H15NO2. The van der Waals surface area contributed by atoms with Gasteiger partial charge in [0.25, 0.3) is 0 Å². The van der Waals surface area contributed by atoms with Crippen LogP contribution in [0, 0.1) is 0 Å². The van der Waals surface area contributed by atoms with Gasteiger partial charge < -0.3 is 9.47 Å². The number of hydrogen-bond acceptors (Lipinski definition) is 3. The molecule has 0 aliphatic carbocycles. The van der Waals surface area contributed by atoms with Crippen molar-refractivity contribution in [2.45, 2.75) is 6.61 Å². The summed E-state index contributed by atoms with van der Waals surface area (Å²) in [7, 11) is 0. The maximum Gasteiger partial charge on any atom is 0.138 e. The highest BCUT2D eigenvalue weighted by Crippen LogP contribution is 2.21. The van der Waals surface area contributed by atoms with Gasteiger partial charge in [0, 0.05) is 6.20 Å². The van der Waals surface area contributed by atoms with Crippen molar-refractivity contribution in [3.63, 3.8) is 0 Å². The highest BCUT2D eigenvalue weighted by atomic mass is 16.5. The number of nitrogens with zero attached hydrogens (tertiary/aromatic N) is 1. The van der Waals surface area contributed by atoms with Gasteiger partial charge in [0.2, 0.25) is 0 Å². The van der Waals surface area contributed by atoms with E-state index in [4.69, 9.17) is 9.47 Å². The summed E-state index contributed by atoms with van der Waals surface area (Å²) in [4.78, 5) is 4.01. The fourth-order valence-electron chi connectivity index (χ4n) is 1.88. The van der Waals surface area contributed by atoms with E-state index >= 15 is 0 Å². The summed E-state index contributed by atoms with van der Waals surface area (Å²) in [5, 5.41) is 0. The number of ether oxygens (including phenoxy) is 2. The first-order chi connectivity index (χ1) is 10.4. The summed E-state index contributed by atoms with van der Waals surface area (Å²) in [6.45, 7) is 0.511. The zero-order valence-corrected chi connectivity index (χ0v) is 11.5. The molecule has 0 spiro atoms. The maximum atomic E-state index is 5.75. The molecule has 3 rings (SSSR count). The van der Waals surface area contributed by atoms with Crippen molar-refractivity contribution in [1.29, 1.82) is 0 Å². The third-order valence-corrected chi connectivity index (χ3v) is 2.94. The minimum absolute atomic E-state index is 0.511. The molecule has 104 valence electrons. The zero-order valence-electron chi connectivity index (χ0n) is 11.5. The Hall–Kier alpha value is -2.81. The second-order valence-electron chi connectivity index (χ2n) is 4.54. The second-order valence-corrected chi connectivity index (χ2v) is 4.54. The van der Waals surface area contributed by atoms with E-state index in [0.29, 0.717) is 6.61 Å². The standard InChI is InChI=1S/C18H15NO2/c1-2-5-16(6-3-1)21-17-10-8-15(9-11-17)14-20-18-7-4-12-19-13-18/h1-13H,14H2. The first-order valence-corrected chi connectivity index (χ1v) is 6.75. The summed E-state index contributed by atoms with van der Waals surface area (Å²) in [6.07, 6.45) is 3.43. The lowest BCUT2D eigenvalue weighted by atomic mass is 10.2. The maximum absolute atomic E-state index is 5.75. The number of benzene rings is 2. The first-order valence-electron chi connectivity index (χ1n) is 6.75. The van der Waals surface area contributed by atoms with Gasteiger partial charge in [-0.05, 0) is 42.0 Å². The van der Waals surface area contributed by atoms with Gasteiger partial charge in [0.05, 0.1) is 6.20 Å². The van der Waals surface area contributed by atoms with E-state index in [2.05, 4.69) is 4.98 Å². The average molecular weight is 277 g/mol. The van der Waals surface area contributed by atoms with Crippen molar-refractivity contribution < 1.29 is 9.47 Å². The highest BCUT2D eigenvalue weighted by Gasteiger charge is 1.99. The van der Waals surface area contributed by atoms with E-state index in [9.17, 15) is 0 Å². The molecule has 1 aromatic heterocycles. The SMILES string of the molecule is c1ccc(Oc2ccc(COc3cccnc3)cc2)cc1. The van der Waals surface area contributed by atoms with Gasteiger partial charge in [-0.2, -0.15) is 0 Å². The fourth-order valence-corrected chi connectivity index (χ4v) is 1.88. The Morgan fingerprint density at radius 2 is 1.43 bits per heavy atom. The molecule has 0 saturated carbocycles. The van der Waals surface area contributed by atoms with Crippen LogP contribution in [0.2, 0.25) is 0 Å². The summed E-state index contributed by atoms with van der Waals surface area (Å²) in [5.74, 6) is 2.41. The topological polar surface area (TPSA) is 31.4 Å². The largest absolute Gasteiger partial charge is 0.487 e. The van der Waals surface area contributed by atoms with Gasteiger partial charge >= 0.3 is 0 Å². The van der Waals surface area contributed by atoms with Crippen molar-refractivity contribution in [2.24, 2.45) is 0 Å². The molecule has 0 atom stereocenters. The average Bonchev–Trinajstić information content (AvgIpc) is 2.56. The molecule has 3 aromatic rings. The lowest BCUT2D eigenvalue weighted by molar-refractivity contribution is 0.305. The quantitative estimate of drug-likeness (QED) is 0.690. The van der Waals surface area contributed by atoms with Crippen LogP contribution in [0.4, 0.5) is 0 Å². The Morgan fingerprint density at radius 1 is 0.714 bits per heavy atom. The minimum atomic E-state index is 0.511. The van der Waals surface area contributed by atoms with E-state index < -0.39 is 0 Å². The Bertz CT molecular complexity index is 667. The van der Waals surface area contributed by atoms with Gasteiger partial charge in [0.1, 0.15) is 23.9 Å². The van der Waals surface area contributed by atoms with Crippen LogP contribution in [0.25, 0.3) is 0 Å².